The number of halogens is 1. The van der Waals surface area contributed by atoms with Crippen LogP contribution in [0.25, 0.3) is 0 Å². The zero-order valence-corrected chi connectivity index (χ0v) is 11.4. The fraction of sp³-hybridized carbons (Fsp3) is 0.385. The number of rotatable bonds is 2. The van der Waals surface area contributed by atoms with Gasteiger partial charge < -0.3 is 10.0 Å². The molecule has 1 saturated heterocycles. The molecule has 0 radical (unpaired) electrons. The van der Waals surface area contributed by atoms with Crippen LogP contribution in [-0.4, -0.2) is 35.0 Å². The highest BCUT2D eigenvalue weighted by Gasteiger charge is 2.29. The number of aliphatic carboxylic acids is 1. The van der Waals surface area contributed by atoms with Crippen molar-refractivity contribution in [2.24, 2.45) is 5.92 Å². The molecule has 0 unspecified atom stereocenters. The first-order valence-electron chi connectivity index (χ1n) is 5.86. The van der Waals surface area contributed by atoms with Crippen LogP contribution in [0.15, 0.2) is 28.7 Å². The number of carbonyl (C=O) groups excluding carboxylic acids is 1. The van der Waals surface area contributed by atoms with Gasteiger partial charge in [-0.25, -0.2) is 0 Å². The topological polar surface area (TPSA) is 57.6 Å². The standard InChI is InChI=1S/C13H14BrNO3/c14-11-6-2-1-5-10(11)12(16)15-7-3-4-9(8-15)13(17)18/h1-2,5-6,9H,3-4,7-8H2,(H,17,18)/t9-/m0/s1. The van der Waals surface area contributed by atoms with E-state index in [0.717, 1.165) is 10.9 Å². The van der Waals surface area contributed by atoms with Crippen LogP contribution in [0.3, 0.4) is 0 Å². The Morgan fingerprint density at radius 1 is 1.33 bits per heavy atom. The van der Waals surface area contributed by atoms with Crippen LogP contribution in [0, 0.1) is 5.92 Å². The molecule has 0 spiro atoms. The first-order chi connectivity index (χ1) is 8.59. The molecule has 0 bridgehead atoms. The lowest BCUT2D eigenvalue weighted by Crippen LogP contribution is -2.42. The second-order valence-electron chi connectivity index (χ2n) is 4.41. The maximum absolute atomic E-state index is 12.3. The summed E-state index contributed by atoms with van der Waals surface area (Å²) in [6.07, 6.45) is 1.39. The van der Waals surface area contributed by atoms with Gasteiger partial charge in [0, 0.05) is 17.6 Å². The molecule has 0 saturated carbocycles. The number of likely N-dealkylation sites (tertiary alicyclic amines) is 1. The van der Waals surface area contributed by atoms with E-state index in [1.165, 1.54) is 0 Å². The number of carboxylic acid groups (broad SMARTS) is 1. The molecular formula is C13H14BrNO3. The van der Waals surface area contributed by atoms with Gasteiger partial charge in [-0.2, -0.15) is 0 Å². The Hall–Kier alpha value is -1.36. The third kappa shape index (κ3) is 2.72. The van der Waals surface area contributed by atoms with Crippen molar-refractivity contribution in [3.63, 3.8) is 0 Å². The van der Waals surface area contributed by atoms with Gasteiger partial charge in [0.25, 0.3) is 5.91 Å². The van der Waals surface area contributed by atoms with Crippen molar-refractivity contribution in [2.75, 3.05) is 13.1 Å². The van der Waals surface area contributed by atoms with E-state index in [9.17, 15) is 9.59 Å². The van der Waals surface area contributed by atoms with Gasteiger partial charge in [0.1, 0.15) is 0 Å². The zero-order chi connectivity index (χ0) is 13.1. The monoisotopic (exact) mass is 311 g/mol. The van der Waals surface area contributed by atoms with Crippen LogP contribution in [0.4, 0.5) is 0 Å². The molecule has 1 aliphatic heterocycles. The Morgan fingerprint density at radius 2 is 2.06 bits per heavy atom. The van der Waals surface area contributed by atoms with Crippen LogP contribution < -0.4 is 0 Å². The molecule has 1 atom stereocenters. The summed E-state index contributed by atoms with van der Waals surface area (Å²) in [6.45, 7) is 0.930. The van der Waals surface area contributed by atoms with Gasteiger partial charge in [-0.05, 0) is 40.9 Å². The van der Waals surface area contributed by atoms with Crippen molar-refractivity contribution in [1.82, 2.24) is 4.90 Å². The molecule has 1 fully saturated rings. The highest BCUT2D eigenvalue weighted by Crippen LogP contribution is 2.22. The number of benzene rings is 1. The van der Waals surface area contributed by atoms with Crippen molar-refractivity contribution in [1.29, 1.82) is 0 Å². The number of carbonyl (C=O) groups is 2. The minimum Gasteiger partial charge on any atom is -0.481 e. The van der Waals surface area contributed by atoms with Crippen LogP contribution in [0.1, 0.15) is 23.2 Å². The fourth-order valence-corrected chi connectivity index (χ4v) is 2.62. The molecular weight excluding hydrogens is 298 g/mol. The second-order valence-corrected chi connectivity index (χ2v) is 5.26. The number of piperidine rings is 1. The maximum Gasteiger partial charge on any atom is 0.308 e. The molecule has 2 rings (SSSR count). The van der Waals surface area contributed by atoms with E-state index in [-0.39, 0.29) is 5.91 Å². The van der Waals surface area contributed by atoms with Gasteiger partial charge in [-0.15, -0.1) is 0 Å². The fourth-order valence-electron chi connectivity index (χ4n) is 2.17. The minimum atomic E-state index is -0.820. The number of nitrogens with zero attached hydrogens (tertiary/aromatic N) is 1. The summed E-state index contributed by atoms with van der Waals surface area (Å²) in [4.78, 5) is 24.9. The van der Waals surface area contributed by atoms with E-state index >= 15 is 0 Å². The Labute approximate surface area is 114 Å². The van der Waals surface area contributed by atoms with Gasteiger partial charge in [0.2, 0.25) is 0 Å². The molecule has 0 aliphatic carbocycles. The predicted molar refractivity (Wildman–Crippen MR) is 70.4 cm³/mol. The van der Waals surface area contributed by atoms with Gasteiger partial charge in [0.15, 0.2) is 0 Å². The second kappa shape index (κ2) is 5.52. The largest absolute Gasteiger partial charge is 0.481 e. The molecule has 1 amide bonds. The molecule has 0 aromatic heterocycles. The average molecular weight is 312 g/mol. The smallest absolute Gasteiger partial charge is 0.308 e. The summed E-state index contributed by atoms with van der Waals surface area (Å²) in [7, 11) is 0. The van der Waals surface area contributed by atoms with Gasteiger partial charge in [0.05, 0.1) is 11.5 Å². The normalized spacial score (nSPS) is 19.6. The molecule has 96 valence electrons. The predicted octanol–water partition coefficient (Wildman–Crippen LogP) is 2.39. The molecule has 1 N–H and O–H groups in total. The Kier molecular flexibility index (Phi) is 4.01. The van der Waals surface area contributed by atoms with Crippen molar-refractivity contribution in [3.8, 4) is 0 Å². The molecule has 1 aliphatic rings. The van der Waals surface area contributed by atoms with Gasteiger partial charge in [-0.3, -0.25) is 9.59 Å². The van der Waals surface area contributed by atoms with Crippen LogP contribution in [0.2, 0.25) is 0 Å². The summed E-state index contributed by atoms with van der Waals surface area (Å²) in [5, 5.41) is 9.02. The lowest BCUT2D eigenvalue weighted by atomic mass is 9.97. The average Bonchev–Trinajstić information content (AvgIpc) is 2.38. The Morgan fingerprint density at radius 3 is 2.72 bits per heavy atom. The molecule has 18 heavy (non-hydrogen) atoms. The van der Waals surface area contributed by atoms with Crippen LogP contribution in [-0.2, 0) is 4.79 Å². The number of hydrogen-bond donors (Lipinski definition) is 1. The van der Waals surface area contributed by atoms with Gasteiger partial charge >= 0.3 is 5.97 Å². The lowest BCUT2D eigenvalue weighted by molar-refractivity contribution is -0.143. The molecule has 5 heteroatoms. The number of amides is 1. The van der Waals surface area contributed by atoms with E-state index < -0.39 is 11.9 Å². The molecule has 4 nitrogen and oxygen atoms in total. The Bertz CT molecular complexity index is 475. The lowest BCUT2D eigenvalue weighted by Gasteiger charge is -2.31. The number of hydrogen-bond acceptors (Lipinski definition) is 2. The summed E-state index contributed by atoms with van der Waals surface area (Å²) in [5.41, 5.74) is 0.587. The molecule has 1 heterocycles. The first-order valence-corrected chi connectivity index (χ1v) is 6.65. The highest BCUT2D eigenvalue weighted by molar-refractivity contribution is 9.10. The summed E-state index contributed by atoms with van der Waals surface area (Å²) in [5.74, 6) is -1.36. The molecule has 1 aromatic carbocycles. The summed E-state index contributed by atoms with van der Waals surface area (Å²) >= 11 is 3.34. The first kappa shape index (κ1) is 13.1. The van der Waals surface area contributed by atoms with Crippen LogP contribution in [0.5, 0.6) is 0 Å². The van der Waals surface area contributed by atoms with Crippen molar-refractivity contribution in [2.45, 2.75) is 12.8 Å². The van der Waals surface area contributed by atoms with E-state index in [1.54, 1.807) is 17.0 Å². The third-order valence-electron chi connectivity index (χ3n) is 3.16. The van der Waals surface area contributed by atoms with Crippen molar-refractivity contribution >= 4 is 27.8 Å². The molecule has 1 aromatic rings. The minimum absolute atomic E-state index is 0.103. The van der Waals surface area contributed by atoms with Crippen molar-refractivity contribution < 1.29 is 14.7 Å². The van der Waals surface area contributed by atoms with Crippen LogP contribution >= 0.6 is 15.9 Å². The quantitative estimate of drug-likeness (QED) is 0.912. The van der Waals surface area contributed by atoms with Gasteiger partial charge in [-0.1, -0.05) is 12.1 Å². The van der Waals surface area contributed by atoms with Crippen molar-refractivity contribution in [3.05, 3.63) is 34.3 Å². The van der Waals surface area contributed by atoms with E-state index in [4.69, 9.17) is 5.11 Å². The summed E-state index contributed by atoms with van der Waals surface area (Å²) in [6, 6.07) is 7.20. The van der Waals surface area contributed by atoms with E-state index in [2.05, 4.69) is 15.9 Å². The van der Waals surface area contributed by atoms with E-state index in [1.807, 2.05) is 12.1 Å². The summed E-state index contributed by atoms with van der Waals surface area (Å²) < 4.78 is 0.743. The third-order valence-corrected chi connectivity index (χ3v) is 3.85. The highest BCUT2D eigenvalue weighted by atomic mass is 79.9. The number of carboxylic acids is 1. The van der Waals surface area contributed by atoms with E-state index in [0.29, 0.717) is 25.1 Å². The SMILES string of the molecule is O=C(O)[C@H]1CCCN(C(=O)c2ccccc2Br)C1. The zero-order valence-electron chi connectivity index (χ0n) is 9.80. The maximum atomic E-state index is 12.3. The Balaban J connectivity index is 2.14.